The molecule has 5 rings (SSSR count). The van der Waals surface area contributed by atoms with Crippen molar-refractivity contribution in [3.05, 3.63) is 77.7 Å². The number of hydrogen-bond donors (Lipinski definition) is 3. The maximum Gasteiger partial charge on any atom is 0.259 e. The van der Waals surface area contributed by atoms with Crippen LogP contribution >= 0.6 is 0 Å². The monoisotopic (exact) mass is 438 g/mol. The predicted molar refractivity (Wildman–Crippen MR) is 129 cm³/mol. The van der Waals surface area contributed by atoms with Crippen molar-refractivity contribution in [2.45, 2.75) is 19.9 Å². The van der Waals surface area contributed by atoms with Gasteiger partial charge in [0.1, 0.15) is 5.82 Å². The lowest BCUT2D eigenvalue weighted by molar-refractivity contribution is 0.603. The Bertz CT molecular complexity index is 1470. The summed E-state index contributed by atoms with van der Waals surface area (Å²) < 4.78 is 1.94. The molecule has 0 bridgehead atoms. The first kappa shape index (κ1) is 20.4. The van der Waals surface area contributed by atoms with E-state index in [1.165, 1.54) is 0 Å². The van der Waals surface area contributed by atoms with Crippen molar-refractivity contribution < 1.29 is 0 Å². The number of aryl methyl sites for hydroxylation is 1. The lowest BCUT2D eigenvalue weighted by Crippen LogP contribution is -2.09. The van der Waals surface area contributed by atoms with E-state index < -0.39 is 0 Å². The zero-order valence-corrected chi connectivity index (χ0v) is 18.0. The third kappa shape index (κ3) is 4.16. The molecule has 4 heterocycles. The molecule has 0 atom stereocenters. The van der Waals surface area contributed by atoms with Crippen LogP contribution in [-0.2, 0) is 6.54 Å². The van der Waals surface area contributed by atoms with Crippen LogP contribution in [0.4, 0.5) is 17.5 Å². The highest BCUT2D eigenvalue weighted by Crippen LogP contribution is 2.28. The molecule has 33 heavy (non-hydrogen) atoms. The average Bonchev–Trinajstić information content (AvgIpc) is 3.29. The van der Waals surface area contributed by atoms with Crippen LogP contribution < -0.4 is 16.6 Å². The summed E-state index contributed by atoms with van der Waals surface area (Å²) in [5.74, 6) is 0.638. The van der Waals surface area contributed by atoms with E-state index in [2.05, 4.69) is 32.3 Å². The van der Waals surface area contributed by atoms with Gasteiger partial charge in [0.15, 0.2) is 0 Å². The molecular weight excluding hydrogens is 416 g/mol. The normalized spacial score (nSPS) is 11.1. The van der Waals surface area contributed by atoms with Crippen molar-refractivity contribution in [2.24, 2.45) is 0 Å². The first-order chi connectivity index (χ1) is 16.1. The molecule has 0 saturated heterocycles. The number of nitrogens with two attached hydrogens (primary N) is 1. The number of hydrogen-bond acceptors (Lipinski definition) is 7. The van der Waals surface area contributed by atoms with Gasteiger partial charge in [0, 0.05) is 48.1 Å². The van der Waals surface area contributed by atoms with Crippen molar-refractivity contribution >= 4 is 28.2 Å². The molecule has 5 aromatic rings. The van der Waals surface area contributed by atoms with Crippen LogP contribution in [0.1, 0.15) is 13.3 Å². The Labute approximate surface area is 189 Å². The smallest absolute Gasteiger partial charge is 0.259 e. The van der Waals surface area contributed by atoms with Gasteiger partial charge in [-0.2, -0.15) is 5.10 Å². The first-order valence-electron chi connectivity index (χ1n) is 10.6. The lowest BCUT2D eigenvalue weighted by Gasteiger charge is -2.11. The van der Waals surface area contributed by atoms with E-state index in [0.29, 0.717) is 22.5 Å². The quantitative estimate of drug-likeness (QED) is 0.366. The summed E-state index contributed by atoms with van der Waals surface area (Å²) in [6.45, 7) is 3.02. The molecule has 4 aromatic heterocycles. The Balaban J connectivity index is 1.51. The van der Waals surface area contributed by atoms with Gasteiger partial charge < -0.3 is 16.0 Å². The summed E-state index contributed by atoms with van der Waals surface area (Å²) in [6.07, 6.45) is 9.78. The maximum atomic E-state index is 12.6. The summed E-state index contributed by atoms with van der Waals surface area (Å²) >= 11 is 0. The molecule has 0 aliphatic rings. The highest BCUT2D eigenvalue weighted by molar-refractivity contribution is 5.95. The number of nitrogens with zero attached hydrogens (tertiary/aromatic N) is 5. The van der Waals surface area contributed by atoms with Crippen LogP contribution in [0.25, 0.3) is 33.2 Å². The third-order valence-corrected chi connectivity index (χ3v) is 5.29. The van der Waals surface area contributed by atoms with E-state index >= 15 is 0 Å². The largest absolute Gasteiger partial charge is 0.368 e. The zero-order chi connectivity index (χ0) is 22.8. The van der Waals surface area contributed by atoms with Gasteiger partial charge in [-0.05, 0) is 41.6 Å². The highest BCUT2D eigenvalue weighted by Gasteiger charge is 2.12. The van der Waals surface area contributed by atoms with Crippen LogP contribution in [0.5, 0.6) is 0 Å². The fraction of sp³-hybridized carbons (Fsp3) is 0.125. The molecule has 9 nitrogen and oxygen atoms in total. The average molecular weight is 438 g/mol. The summed E-state index contributed by atoms with van der Waals surface area (Å²) in [4.78, 5) is 28.1. The summed E-state index contributed by atoms with van der Waals surface area (Å²) in [6, 6.07) is 11.6. The molecule has 1 aromatic carbocycles. The maximum absolute atomic E-state index is 12.6. The molecule has 0 spiro atoms. The SMILES string of the molecule is CCCn1cc(-c2ccc(Nc3nc(-c4cnc(N)nc4)cc4cc[nH]c(=O)c34)cc2)cn1. The van der Waals surface area contributed by atoms with Crippen molar-refractivity contribution in [1.29, 1.82) is 0 Å². The number of nitrogens with one attached hydrogen (secondary N) is 2. The second kappa shape index (κ2) is 8.54. The molecule has 0 aliphatic carbocycles. The van der Waals surface area contributed by atoms with Gasteiger partial charge >= 0.3 is 0 Å². The van der Waals surface area contributed by atoms with Gasteiger partial charge in [-0.1, -0.05) is 19.1 Å². The van der Waals surface area contributed by atoms with Gasteiger partial charge in [0.25, 0.3) is 5.56 Å². The Morgan fingerprint density at radius 2 is 1.82 bits per heavy atom. The van der Waals surface area contributed by atoms with Crippen molar-refractivity contribution in [3.63, 3.8) is 0 Å². The number of nitrogen functional groups attached to an aromatic ring is 1. The number of rotatable bonds is 6. The summed E-state index contributed by atoms with van der Waals surface area (Å²) in [7, 11) is 0. The van der Waals surface area contributed by atoms with Crippen LogP contribution in [0.15, 0.2) is 72.2 Å². The highest BCUT2D eigenvalue weighted by atomic mass is 16.1. The molecule has 0 unspecified atom stereocenters. The topological polar surface area (TPSA) is 127 Å². The van der Waals surface area contributed by atoms with Crippen molar-refractivity contribution in [2.75, 3.05) is 11.1 Å². The number of aromatic nitrogens is 6. The second-order valence-electron chi connectivity index (χ2n) is 7.65. The number of benzene rings is 1. The molecule has 0 amide bonds. The van der Waals surface area contributed by atoms with Crippen molar-refractivity contribution in [3.8, 4) is 22.4 Å². The van der Waals surface area contributed by atoms with Crippen LogP contribution in [-0.4, -0.2) is 29.7 Å². The Morgan fingerprint density at radius 1 is 1.03 bits per heavy atom. The second-order valence-corrected chi connectivity index (χ2v) is 7.65. The molecule has 9 heteroatoms. The van der Waals surface area contributed by atoms with Crippen LogP contribution in [0.3, 0.4) is 0 Å². The van der Waals surface area contributed by atoms with Gasteiger partial charge in [-0.25, -0.2) is 15.0 Å². The Kier molecular flexibility index (Phi) is 5.27. The molecular formula is C24H22N8O. The number of fused-ring (bicyclic) bond motifs is 1. The predicted octanol–water partition coefficient (Wildman–Crippen LogP) is 3.98. The van der Waals surface area contributed by atoms with Crippen LogP contribution in [0.2, 0.25) is 0 Å². The van der Waals surface area contributed by atoms with Gasteiger partial charge in [0.05, 0.1) is 17.3 Å². The van der Waals surface area contributed by atoms with Gasteiger partial charge in [0.2, 0.25) is 5.95 Å². The van der Waals surface area contributed by atoms with E-state index in [-0.39, 0.29) is 11.5 Å². The minimum Gasteiger partial charge on any atom is -0.368 e. The minimum absolute atomic E-state index is 0.189. The molecule has 0 radical (unpaired) electrons. The standard InChI is InChI=1S/C24H22N8O/c1-2-9-32-14-18(13-29-32)15-3-5-19(6-4-15)30-22-21-16(7-8-26-23(21)33)10-20(31-22)17-11-27-24(25)28-12-17/h3-8,10-14H,2,9H2,1H3,(H,26,33)(H,30,31)(H2,25,27,28). The fourth-order valence-corrected chi connectivity index (χ4v) is 3.67. The molecule has 4 N–H and O–H groups in total. The lowest BCUT2D eigenvalue weighted by atomic mass is 10.1. The molecule has 0 fully saturated rings. The Hall–Kier alpha value is -4.53. The summed E-state index contributed by atoms with van der Waals surface area (Å²) in [5, 5.41) is 8.92. The van der Waals surface area contributed by atoms with Crippen LogP contribution in [0, 0.1) is 0 Å². The minimum atomic E-state index is -0.220. The molecule has 0 saturated carbocycles. The van der Waals surface area contributed by atoms with Gasteiger partial charge in [-0.3, -0.25) is 9.48 Å². The number of pyridine rings is 2. The third-order valence-electron chi connectivity index (χ3n) is 5.29. The molecule has 164 valence electrons. The zero-order valence-electron chi connectivity index (χ0n) is 18.0. The van der Waals surface area contributed by atoms with E-state index in [4.69, 9.17) is 10.7 Å². The first-order valence-corrected chi connectivity index (χ1v) is 10.6. The number of H-pyrrole nitrogens is 1. The number of aromatic amines is 1. The number of anilines is 3. The fourth-order valence-electron chi connectivity index (χ4n) is 3.67. The van der Waals surface area contributed by atoms with Gasteiger partial charge in [-0.15, -0.1) is 0 Å². The van der Waals surface area contributed by atoms with Crippen molar-refractivity contribution in [1.82, 2.24) is 29.7 Å². The Morgan fingerprint density at radius 3 is 2.58 bits per heavy atom. The molecule has 0 aliphatic heterocycles. The van der Waals surface area contributed by atoms with E-state index in [9.17, 15) is 4.79 Å². The van der Waals surface area contributed by atoms with E-state index in [1.807, 2.05) is 53.5 Å². The van der Waals surface area contributed by atoms with E-state index in [1.54, 1.807) is 18.6 Å². The van der Waals surface area contributed by atoms with E-state index in [0.717, 1.165) is 35.2 Å². The summed E-state index contributed by atoms with van der Waals surface area (Å²) in [5.41, 5.74) is 9.65.